The van der Waals surface area contributed by atoms with E-state index in [1.807, 2.05) is 17.0 Å². The van der Waals surface area contributed by atoms with E-state index in [0.29, 0.717) is 24.4 Å². The van der Waals surface area contributed by atoms with Gasteiger partial charge in [0.1, 0.15) is 0 Å². The van der Waals surface area contributed by atoms with E-state index in [-0.39, 0.29) is 35.6 Å². The largest absolute Gasteiger partial charge is 0.366 e. The molecule has 0 aromatic heterocycles. The minimum absolute atomic E-state index is 0.0720. The van der Waals surface area contributed by atoms with Crippen molar-refractivity contribution in [1.29, 1.82) is 0 Å². The molecular weight excluding hydrogens is 400 g/mol. The van der Waals surface area contributed by atoms with E-state index in [1.54, 1.807) is 24.3 Å². The Morgan fingerprint density at radius 2 is 1.66 bits per heavy atom. The van der Waals surface area contributed by atoms with Crippen LogP contribution >= 0.6 is 0 Å². The number of ketones is 1. The van der Waals surface area contributed by atoms with Gasteiger partial charge in [-0.3, -0.25) is 14.4 Å². The van der Waals surface area contributed by atoms with Crippen LogP contribution in [0, 0.1) is 11.8 Å². The summed E-state index contributed by atoms with van der Waals surface area (Å²) in [5.74, 6) is 0.00331. The summed E-state index contributed by atoms with van der Waals surface area (Å²) >= 11 is 0. The predicted octanol–water partition coefficient (Wildman–Crippen LogP) is 4.70. The van der Waals surface area contributed by atoms with E-state index in [1.165, 1.54) is 12.0 Å². The lowest BCUT2D eigenvalue weighted by Gasteiger charge is -2.41. The quantitative estimate of drug-likeness (QED) is 0.672. The zero-order chi connectivity index (χ0) is 22.7. The first-order valence-corrected chi connectivity index (χ1v) is 11.8. The molecule has 2 aromatic carbocycles. The van der Waals surface area contributed by atoms with Crippen LogP contribution in [0.3, 0.4) is 0 Å². The fourth-order valence-electron chi connectivity index (χ4n) is 5.47. The average Bonchev–Trinajstić information content (AvgIpc) is 2.82. The Labute approximate surface area is 190 Å². The third-order valence-electron chi connectivity index (χ3n) is 7.26. The number of rotatable bonds is 6. The Morgan fingerprint density at radius 3 is 2.41 bits per heavy atom. The van der Waals surface area contributed by atoms with Crippen LogP contribution < -0.4 is 5.73 Å². The number of primary amides is 1. The molecule has 5 nitrogen and oxygen atoms in total. The highest BCUT2D eigenvalue weighted by Crippen LogP contribution is 2.38. The number of fused-ring (bicyclic) bond motifs is 1. The van der Waals surface area contributed by atoms with Crippen LogP contribution in [0.25, 0.3) is 0 Å². The smallest absolute Gasteiger partial charge is 0.249 e. The Kier molecular flexibility index (Phi) is 6.73. The third-order valence-corrected chi connectivity index (χ3v) is 7.26. The third kappa shape index (κ3) is 4.47. The van der Waals surface area contributed by atoms with Gasteiger partial charge in [-0.15, -0.1) is 0 Å². The lowest BCUT2D eigenvalue weighted by Crippen LogP contribution is -2.45. The van der Waals surface area contributed by atoms with Gasteiger partial charge in [0.2, 0.25) is 11.8 Å². The Hall–Kier alpha value is -2.95. The molecule has 3 atom stereocenters. The number of carbonyl (C=O) groups excluding carboxylic acids is 3. The molecule has 1 heterocycles. The first-order chi connectivity index (χ1) is 15.5. The Bertz CT molecular complexity index is 1020. The minimum atomic E-state index is -0.597. The number of nitrogens with zero attached hydrogens (tertiary/aromatic N) is 1. The highest BCUT2D eigenvalue weighted by molar-refractivity contribution is 6.07. The summed E-state index contributed by atoms with van der Waals surface area (Å²) in [6, 6.07) is 14.8. The van der Waals surface area contributed by atoms with Crippen LogP contribution in [0.2, 0.25) is 0 Å². The van der Waals surface area contributed by atoms with Crippen LogP contribution in [-0.2, 0) is 11.2 Å². The molecule has 1 aliphatic carbocycles. The van der Waals surface area contributed by atoms with Crippen LogP contribution in [0.5, 0.6) is 0 Å². The normalized spacial score (nSPS) is 22.8. The van der Waals surface area contributed by atoms with Gasteiger partial charge in [-0.05, 0) is 48.8 Å². The maximum Gasteiger partial charge on any atom is 0.249 e. The second-order valence-electron chi connectivity index (χ2n) is 9.24. The molecule has 2 aliphatic rings. The molecule has 4 rings (SSSR count). The first-order valence-electron chi connectivity index (χ1n) is 11.8. The Balaban J connectivity index is 1.58. The van der Waals surface area contributed by atoms with Crippen molar-refractivity contribution in [3.05, 3.63) is 70.8 Å². The van der Waals surface area contributed by atoms with Crippen molar-refractivity contribution in [1.82, 2.24) is 4.90 Å². The van der Waals surface area contributed by atoms with Crippen molar-refractivity contribution < 1.29 is 14.4 Å². The van der Waals surface area contributed by atoms with Gasteiger partial charge < -0.3 is 10.6 Å². The van der Waals surface area contributed by atoms with E-state index in [2.05, 4.69) is 19.1 Å². The molecule has 1 unspecified atom stereocenters. The van der Waals surface area contributed by atoms with Crippen LogP contribution in [0.15, 0.2) is 48.5 Å². The second-order valence-corrected chi connectivity index (χ2v) is 9.24. The summed E-state index contributed by atoms with van der Waals surface area (Å²) in [5, 5.41) is 0. The van der Waals surface area contributed by atoms with Crippen molar-refractivity contribution in [2.75, 3.05) is 6.54 Å². The minimum Gasteiger partial charge on any atom is -0.366 e. The predicted molar refractivity (Wildman–Crippen MR) is 124 cm³/mol. The first kappa shape index (κ1) is 22.3. The summed E-state index contributed by atoms with van der Waals surface area (Å²) in [4.78, 5) is 40.5. The number of hydrogen-bond acceptors (Lipinski definition) is 3. The van der Waals surface area contributed by atoms with Crippen molar-refractivity contribution in [2.45, 2.75) is 57.9 Å². The summed E-state index contributed by atoms with van der Waals surface area (Å²) in [6.07, 6.45) is 6.01. The SMILES string of the molecule is CC1CCCC[C@H]1C(=O)N1CCc2ccccc2[C@H]1CCC(=O)c1ccccc1C(N)=O. The van der Waals surface area contributed by atoms with Crippen molar-refractivity contribution in [2.24, 2.45) is 17.6 Å². The topological polar surface area (TPSA) is 80.5 Å². The lowest BCUT2D eigenvalue weighted by molar-refractivity contribution is -0.141. The van der Waals surface area contributed by atoms with Crippen molar-refractivity contribution >= 4 is 17.6 Å². The van der Waals surface area contributed by atoms with Gasteiger partial charge in [0.05, 0.1) is 6.04 Å². The molecule has 32 heavy (non-hydrogen) atoms. The summed E-state index contributed by atoms with van der Waals surface area (Å²) in [5.41, 5.74) is 8.48. The molecule has 0 bridgehead atoms. The van der Waals surface area contributed by atoms with Gasteiger partial charge in [-0.1, -0.05) is 62.2 Å². The van der Waals surface area contributed by atoms with Gasteiger partial charge in [0.25, 0.3) is 0 Å². The van der Waals surface area contributed by atoms with Crippen LogP contribution in [0.1, 0.15) is 83.3 Å². The maximum absolute atomic E-state index is 13.6. The molecule has 5 heteroatoms. The number of benzene rings is 2. The fraction of sp³-hybridized carbons (Fsp3) is 0.444. The molecule has 0 radical (unpaired) electrons. The summed E-state index contributed by atoms with van der Waals surface area (Å²) < 4.78 is 0. The van der Waals surface area contributed by atoms with Gasteiger partial charge in [-0.2, -0.15) is 0 Å². The van der Waals surface area contributed by atoms with Gasteiger partial charge in [0, 0.05) is 30.0 Å². The molecular formula is C27H32N2O3. The molecule has 0 saturated heterocycles. The highest BCUT2D eigenvalue weighted by atomic mass is 16.2. The monoisotopic (exact) mass is 432 g/mol. The molecule has 1 aliphatic heterocycles. The van der Waals surface area contributed by atoms with E-state index < -0.39 is 5.91 Å². The standard InChI is InChI=1S/C27H32N2O3/c1-18-8-2-4-10-20(18)27(32)29-17-16-19-9-3-5-11-21(19)24(29)14-15-25(30)22-12-6-7-13-23(22)26(28)31/h3,5-7,9,11-13,18,20,24H,2,4,8,10,14-17H2,1H3,(H2,28,31)/t18?,20-,24-/m1/s1. The molecule has 168 valence electrons. The molecule has 1 fully saturated rings. The molecule has 1 saturated carbocycles. The van der Waals surface area contributed by atoms with Gasteiger partial charge in [0.15, 0.2) is 5.78 Å². The van der Waals surface area contributed by atoms with Crippen LogP contribution in [0.4, 0.5) is 0 Å². The maximum atomic E-state index is 13.6. The van der Waals surface area contributed by atoms with Gasteiger partial charge >= 0.3 is 0 Å². The molecule has 0 spiro atoms. The van der Waals surface area contributed by atoms with E-state index in [9.17, 15) is 14.4 Å². The average molecular weight is 433 g/mol. The lowest BCUT2D eigenvalue weighted by atomic mass is 9.78. The van der Waals surface area contributed by atoms with Crippen molar-refractivity contribution in [3.63, 3.8) is 0 Å². The molecule has 2 aromatic rings. The Morgan fingerprint density at radius 1 is 0.969 bits per heavy atom. The molecule has 2 amide bonds. The molecule has 2 N–H and O–H groups in total. The number of nitrogens with two attached hydrogens (primary N) is 1. The summed E-state index contributed by atoms with van der Waals surface area (Å²) in [7, 11) is 0. The number of amides is 2. The highest BCUT2D eigenvalue weighted by Gasteiger charge is 2.37. The van der Waals surface area contributed by atoms with E-state index >= 15 is 0 Å². The second kappa shape index (κ2) is 9.68. The summed E-state index contributed by atoms with van der Waals surface area (Å²) in [6.45, 7) is 2.88. The number of carbonyl (C=O) groups is 3. The zero-order valence-corrected chi connectivity index (χ0v) is 18.8. The van der Waals surface area contributed by atoms with E-state index in [0.717, 1.165) is 31.2 Å². The fourth-order valence-corrected chi connectivity index (χ4v) is 5.47. The van der Waals surface area contributed by atoms with Crippen LogP contribution in [-0.4, -0.2) is 29.0 Å². The van der Waals surface area contributed by atoms with Crippen molar-refractivity contribution in [3.8, 4) is 0 Å². The van der Waals surface area contributed by atoms with Gasteiger partial charge in [-0.25, -0.2) is 0 Å². The number of hydrogen-bond donors (Lipinski definition) is 1. The number of Topliss-reactive ketones (excluding diaryl/α,β-unsaturated/α-hetero) is 1. The van der Waals surface area contributed by atoms with E-state index in [4.69, 9.17) is 5.73 Å². The zero-order valence-electron chi connectivity index (χ0n) is 18.8.